The smallest absolute Gasteiger partial charge is 0.259 e. The van der Waals surface area contributed by atoms with Gasteiger partial charge < -0.3 is 9.88 Å². The lowest BCUT2D eigenvalue weighted by Gasteiger charge is -2.20. The third-order valence-electron chi connectivity index (χ3n) is 4.03. The summed E-state index contributed by atoms with van der Waals surface area (Å²) < 4.78 is 0. The fraction of sp³-hybridized carbons (Fsp3) is 0.222. The summed E-state index contributed by atoms with van der Waals surface area (Å²) in [6, 6.07) is 15.8. The fourth-order valence-electron chi connectivity index (χ4n) is 2.47. The number of H-pyrrole nitrogens is 1. The van der Waals surface area contributed by atoms with Crippen LogP contribution in [0.1, 0.15) is 18.5 Å². The maximum atomic E-state index is 12.2. The summed E-state index contributed by atoms with van der Waals surface area (Å²) in [5.41, 5.74) is 2.73. The van der Waals surface area contributed by atoms with Crippen molar-refractivity contribution in [3.05, 3.63) is 64.4 Å². The minimum Gasteiger partial charge on any atom is -0.306 e. The molecule has 4 nitrogen and oxygen atoms in total. The lowest BCUT2D eigenvalue weighted by Crippen LogP contribution is -2.16. The molecule has 3 rings (SSSR count). The third kappa shape index (κ3) is 2.65. The van der Waals surface area contributed by atoms with Gasteiger partial charge in [0.15, 0.2) is 0 Å². The first kappa shape index (κ1) is 14.5. The number of aromatic nitrogens is 2. The zero-order chi connectivity index (χ0) is 15.7. The summed E-state index contributed by atoms with van der Waals surface area (Å²) in [7, 11) is 4.10. The SMILES string of the molecule is CC(c1cccc(-c2nc3ccccc3c(=O)[nH]2)c1)N(C)C. The Labute approximate surface area is 129 Å². The maximum absolute atomic E-state index is 12.2. The van der Waals surface area contributed by atoms with Crippen LogP contribution in [0.5, 0.6) is 0 Å². The van der Waals surface area contributed by atoms with E-state index in [0.717, 1.165) is 5.56 Å². The van der Waals surface area contributed by atoms with Crippen LogP contribution in [0.3, 0.4) is 0 Å². The normalized spacial score (nSPS) is 12.7. The average molecular weight is 293 g/mol. The van der Waals surface area contributed by atoms with Crippen molar-refractivity contribution in [1.82, 2.24) is 14.9 Å². The Bertz CT molecular complexity index is 867. The monoisotopic (exact) mass is 293 g/mol. The molecule has 0 aliphatic heterocycles. The van der Waals surface area contributed by atoms with E-state index in [1.165, 1.54) is 5.56 Å². The zero-order valence-electron chi connectivity index (χ0n) is 13.0. The molecule has 0 aliphatic rings. The topological polar surface area (TPSA) is 49.0 Å². The molecule has 0 bridgehead atoms. The molecule has 1 N–H and O–H groups in total. The van der Waals surface area contributed by atoms with Crippen molar-refractivity contribution < 1.29 is 0 Å². The van der Waals surface area contributed by atoms with E-state index in [2.05, 4.69) is 33.9 Å². The Morgan fingerprint density at radius 1 is 1.09 bits per heavy atom. The first-order valence-electron chi connectivity index (χ1n) is 7.32. The molecule has 22 heavy (non-hydrogen) atoms. The average Bonchev–Trinajstić information content (AvgIpc) is 2.54. The maximum Gasteiger partial charge on any atom is 0.259 e. The second kappa shape index (κ2) is 5.73. The summed E-state index contributed by atoms with van der Waals surface area (Å²) in [6.07, 6.45) is 0. The Hall–Kier alpha value is -2.46. The minimum absolute atomic E-state index is 0.105. The number of para-hydroxylation sites is 1. The number of nitrogens with one attached hydrogen (secondary N) is 1. The zero-order valence-corrected chi connectivity index (χ0v) is 13.0. The van der Waals surface area contributed by atoms with Gasteiger partial charge in [-0.3, -0.25) is 4.79 Å². The summed E-state index contributed by atoms with van der Waals surface area (Å²) in [5.74, 6) is 0.608. The molecule has 0 saturated carbocycles. The Balaban J connectivity index is 2.12. The van der Waals surface area contributed by atoms with E-state index in [-0.39, 0.29) is 5.56 Å². The number of fused-ring (bicyclic) bond motifs is 1. The molecule has 1 atom stereocenters. The molecule has 0 spiro atoms. The van der Waals surface area contributed by atoms with Gasteiger partial charge in [0, 0.05) is 11.6 Å². The van der Waals surface area contributed by atoms with Crippen LogP contribution < -0.4 is 5.56 Å². The van der Waals surface area contributed by atoms with Gasteiger partial charge in [0.1, 0.15) is 5.82 Å². The quantitative estimate of drug-likeness (QED) is 0.806. The highest BCUT2D eigenvalue weighted by molar-refractivity contribution is 5.79. The highest BCUT2D eigenvalue weighted by Crippen LogP contribution is 2.23. The van der Waals surface area contributed by atoms with Crippen LogP contribution in [-0.4, -0.2) is 29.0 Å². The van der Waals surface area contributed by atoms with Crippen LogP contribution in [0.4, 0.5) is 0 Å². The highest BCUT2D eigenvalue weighted by atomic mass is 16.1. The highest BCUT2D eigenvalue weighted by Gasteiger charge is 2.10. The van der Waals surface area contributed by atoms with Gasteiger partial charge in [0.05, 0.1) is 10.9 Å². The molecule has 2 aromatic carbocycles. The molecule has 0 radical (unpaired) electrons. The van der Waals surface area contributed by atoms with Gasteiger partial charge in [-0.05, 0) is 44.8 Å². The molecule has 112 valence electrons. The number of aromatic amines is 1. The van der Waals surface area contributed by atoms with Gasteiger partial charge in [0.2, 0.25) is 0 Å². The first-order valence-corrected chi connectivity index (χ1v) is 7.32. The van der Waals surface area contributed by atoms with Crippen molar-refractivity contribution in [3.63, 3.8) is 0 Å². The predicted octanol–water partition coefficient (Wildman–Crippen LogP) is 3.21. The Kier molecular flexibility index (Phi) is 3.77. The van der Waals surface area contributed by atoms with E-state index in [4.69, 9.17) is 0 Å². The van der Waals surface area contributed by atoms with Crippen LogP contribution in [-0.2, 0) is 0 Å². The van der Waals surface area contributed by atoms with E-state index in [9.17, 15) is 4.79 Å². The minimum atomic E-state index is -0.105. The van der Waals surface area contributed by atoms with Gasteiger partial charge >= 0.3 is 0 Å². The summed E-state index contributed by atoms with van der Waals surface area (Å²) in [5, 5.41) is 0.615. The van der Waals surface area contributed by atoms with Crippen LogP contribution in [0, 0.1) is 0 Å². The van der Waals surface area contributed by atoms with Gasteiger partial charge in [-0.1, -0.05) is 30.3 Å². The van der Waals surface area contributed by atoms with Gasteiger partial charge in [-0.25, -0.2) is 4.98 Å². The van der Waals surface area contributed by atoms with E-state index in [0.29, 0.717) is 22.8 Å². The number of hydrogen-bond acceptors (Lipinski definition) is 3. The van der Waals surface area contributed by atoms with E-state index < -0.39 is 0 Å². The Morgan fingerprint density at radius 2 is 1.86 bits per heavy atom. The molecule has 3 aromatic rings. The molecule has 0 aliphatic carbocycles. The molecule has 1 heterocycles. The molecule has 0 fully saturated rings. The van der Waals surface area contributed by atoms with Crippen molar-refractivity contribution in [2.24, 2.45) is 0 Å². The lowest BCUT2D eigenvalue weighted by atomic mass is 10.0. The predicted molar refractivity (Wildman–Crippen MR) is 89.9 cm³/mol. The second-order valence-corrected chi connectivity index (χ2v) is 5.70. The molecule has 1 aromatic heterocycles. The standard InChI is InChI=1S/C18H19N3O/c1-12(21(2)3)13-7-6-8-14(11-13)17-19-16-10-5-4-9-15(16)18(22)20-17/h4-12H,1-3H3,(H,19,20,22). The summed E-state index contributed by atoms with van der Waals surface area (Å²) >= 11 is 0. The number of benzene rings is 2. The largest absolute Gasteiger partial charge is 0.306 e. The van der Waals surface area contributed by atoms with Crippen molar-refractivity contribution in [3.8, 4) is 11.4 Å². The summed E-state index contributed by atoms with van der Waals surface area (Å²) in [6.45, 7) is 2.15. The molecular weight excluding hydrogens is 274 g/mol. The fourth-order valence-corrected chi connectivity index (χ4v) is 2.47. The van der Waals surface area contributed by atoms with Gasteiger partial charge in [-0.15, -0.1) is 0 Å². The van der Waals surface area contributed by atoms with E-state index in [1.54, 1.807) is 6.07 Å². The van der Waals surface area contributed by atoms with Crippen molar-refractivity contribution in [2.45, 2.75) is 13.0 Å². The van der Waals surface area contributed by atoms with Crippen LogP contribution in [0.25, 0.3) is 22.3 Å². The van der Waals surface area contributed by atoms with Crippen molar-refractivity contribution in [1.29, 1.82) is 0 Å². The van der Waals surface area contributed by atoms with Crippen molar-refractivity contribution in [2.75, 3.05) is 14.1 Å². The molecule has 0 saturated heterocycles. The number of hydrogen-bond donors (Lipinski definition) is 1. The van der Waals surface area contributed by atoms with Gasteiger partial charge in [0.25, 0.3) is 5.56 Å². The summed E-state index contributed by atoms with van der Waals surface area (Å²) in [4.78, 5) is 21.8. The van der Waals surface area contributed by atoms with E-state index in [1.807, 2.05) is 44.4 Å². The van der Waals surface area contributed by atoms with Crippen LogP contribution >= 0.6 is 0 Å². The van der Waals surface area contributed by atoms with Crippen LogP contribution in [0.15, 0.2) is 53.3 Å². The third-order valence-corrected chi connectivity index (χ3v) is 4.03. The first-order chi connectivity index (χ1) is 10.6. The lowest BCUT2D eigenvalue weighted by molar-refractivity contribution is 0.321. The Morgan fingerprint density at radius 3 is 2.64 bits per heavy atom. The molecule has 0 amide bonds. The number of nitrogens with zero attached hydrogens (tertiary/aromatic N) is 2. The molecule has 4 heteroatoms. The van der Waals surface area contributed by atoms with Crippen molar-refractivity contribution >= 4 is 10.9 Å². The van der Waals surface area contributed by atoms with Crippen LogP contribution in [0.2, 0.25) is 0 Å². The molecular formula is C18H19N3O. The van der Waals surface area contributed by atoms with Gasteiger partial charge in [-0.2, -0.15) is 0 Å². The second-order valence-electron chi connectivity index (χ2n) is 5.70. The number of rotatable bonds is 3. The molecule has 1 unspecified atom stereocenters. The van der Waals surface area contributed by atoms with E-state index >= 15 is 0 Å².